The number of nitrogens with zero attached hydrogens (tertiary/aromatic N) is 1. The van der Waals surface area contributed by atoms with Crippen molar-refractivity contribution in [2.24, 2.45) is 5.92 Å². The second-order valence-electron chi connectivity index (χ2n) is 7.72. The first-order valence-electron chi connectivity index (χ1n) is 9.94. The van der Waals surface area contributed by atoms with Gasteiger partial charge in [0.05, 0.1) is 11.7 Å². The van der Waals surface area contributed by atoms with Crippen molar-refractivity contribution in [2.75, 3.05) is 13.1 Å². The van der Waals surface area contributed by atoms with Crippen molar-refractivity contribution in [2.45, 2.75) is 24.7 Å². The highest BCUT2D eigenvalue weighted by Gasteiger charge is 2.46. The zero-order chi connectivity index (χ0) is 19.4. The van der Waals surface area contributed by atoms with Gasteiger partial charge in [-0.1, -0.05) is 91.0 Å². The van der Waals surface area contributed by atoms with Gasteiger partial charge in [-0.15, -0.1) is 0 Å². The molecule has 0 amide bonds. The molecule has 1 fully saturated rings. The summed E-state index contributed by atoms with van der Waals surface area (Å²) in [4.78, 5) is 2.34. The van der Waals surface area contributed by atoms with Crippen LogP contribution in [0, 0.1) is 5.92 Å². The summed E-state index contributed by atoms with van der Waals surface area (Å²) < 4.78 is 0. The van der Waals surface area contributed by atoms with Crippen LogP contribution in [0.5, 0.6) is 0 Å². The molecule has 2 N–H and O–H groups in total. The van der Waals surface area contributed by atoms with Gasteiger partial charge in [-0.05, 0) is 23.1 Å². The van der Waals surface area contributed by atoms with Crippen molar-refractivity contribution in [3.63, 3.8) is 0 Å². The second kappa shape index (κ2) is 8.27. The Morgan fingerprint density at radius 3 is 2.07 bits per heavy atom. The van der Waals surface area contributed by atoms with Crippen LogP contribution in [0.2, 0.25) is 0 Å². The molecule has 0 aromatic heterocycles. The van der Waals surface area contributed by atoms with Gasteiger partial charge in [0.15, 0.2) is 0 Å². The summed E-state index contributed by atoms with van der Waals surface area (Å²) in [6, 6.07) is 29.9. The van der Waals surface area contributed by atoms with E-state index in [4.69, 9.17) is 0 Å². The minimum atomic E-state index is -1.05. The lowest BCUT2D eigenvalue weighted by molar-refractivity contribution is -0.124. The average Bonchev–Trinajstić information content (AvgIpc) is 2.77. The first-order valence-corrected chi connectivity index (χ1v) is 9.94. The lowest BCUT2D eigenvalue weighted by Crippen LogP contribution is -2.51. The van der Waals surface area contributed by atoms with Crippen LogP contribution in [-0.4, -0.2) is 28.2 Å². The summed E-state index contributed by atoms with van der Waals surface area (Å²) in [5.41, 5.74) is 1.93. The van der Waals surface area contributed by atoms with E-state index in [9.17, 15) is 10.2 Å². The Kier molecular flexibility index (Phi) is 5.58. The van der Waals surface area contributed by atoms with Gasteiger partial charge in [0.25, 0.3) is 0 Å². The van der Waals surface area contributed by atoms with Gasteiger partial charge in [0.1, 0.15) is 0 Å². The van der Waals surface area contributed by atoms with Crippen molar-refractivity contribution in [3.05, 3.63) is 108 Å². The zero-order valence-corrected chi connectivity index (χ0v) is 16.0. The van der Waals surface area contributed by atoms with Crippen molar-refractivity contribution < 1.29 is 10.2 Å². The van der Waals surface area contributed by atoms with Crippen LogP contribution in [0.25, 0.3) is 0 Å². The number of aliphatic hydroxyl groups is 2. The molecule has 144 valence electrons. The van der Waals surface area contributed by atoms with Crippen LogP contribution >= 0.6 is 0 Å². The molecule has 3 heteroatoms. The first kappa shape index (κ1) is 18.9. The molecule has 3 aromatic rings. The van der Waals surface area contributed by atoms with E-state index in [1.54, 1.807) is 0 Å². The molecule has 0 unspecified atom stereocenters. The molecule has 28 heavy (non-hydrogen) atoms. The molecular formula is C25H27NO2. The molecule has 1 heterocycles. The molecule has 3 aromatic carbocycles. The fourth-order valence-corrected chi connectivity index (χ4v) is 4.35. The van der Waals surface area contributed by atoms with E-state index in [0.29, 0.717) is 13.0 Å². The van der Waals surface area contributed by atoms with E-state index in [2.05, 4.69) is 29.2 Å². The van der Waals surface area contributed by atoms with E-state index < -0.39 is 11.7 Å². The third-order valence-corrected chi connectivity index (χ3v) is 5.92. The minimum absolute atomic E-state index is 0.310. The summed E-state index contributed by atoms with van der Waals surface area (Å²) in [5.74, 6) is -0.310. The van der Waals surface area contributed by atoms with Crippen LogP contribution in [0.1, 0.15) is 29.2 Å². The monoisotopic (exact) mass is 373 g/mol. The van der Waals surface area contributed by atoms with Gasteiger partial charge in [-0.2, -0.15) is 0 Å². The van der Waals surface area contributed by atoms with Crippen molar-refractivity contribution in [1.29, 1.82) is 0 Å². The Bertz CT molecular complexity index is 869. The molecular weight excluding hydrogens is 346 g/mol. The summed E-state index contributed by atoms with van der Waals surface area (Å²) in [6.45, 7) is 2.25. The number of aliphatic hydroxyl groups excluding tert-OH is 1. The Morgan fingerprint density at radius 1 is 0.857 bits per heavy atom. The highest BCUT2D eigenvalue weighted by Crippen LogP contribution is 2.44. The van der Waals surface area contributed by atoms with Gasteiger partial charge in [0, 0.05) is 25.6 Å². The smallest absolute Gasteiger partial charge is 0.0977 e. The third-order valence-electron chi connectivity index (χ3n) is 5.92. The molecule has 3 nitrogen and oxygen atoms in total. The van der Waals surface area contributed by atoms with Crippen molar-refractivity contribution in [1.82, 2.24) is 4.90 Å². The van der Waals surface area contributed by atoms with Gasteiger partial charge < -0.3 is 10.2 Å². The Labute approximate surface area is 166 Å². The summed E-state index contributed by atoms with van der Waals surface area (Å²) in [5, 5.41) is 23.0. The second-order valence-corrected chi connectivity index (χ2v) is 7.72. The summed E-state index contributed by atoms with van der Waals surface area (Å²) >= 11 is 0. The fraction of sp³-hybridized carbons (Fsp3) is 0.280. The quantitative estimate of drug-likeness (QED) is 0.707. The number of hydrogen-bond donors (Lipinski definition) is 2. The van der Waals surface area contributed by atoms with Crippen LogP contribution in [0.3, 0.4) is 0 Å². The average molecular weight is 373 g/mol. The summed E-state index contributed by atoms with van der Waals surface area (Å²) in [6.07, 6.45) is -0.136. The first-order chi connectivity index (χ1) is 13.7. The number of benzene rings is 3. The predicted octanol–water partition coefficient (Wildman–Crippen LogP) is 4.13. The number of piperidine rings is 1. The molecule has 1 saturated heterocycles. The molecule has 1 aliphatic rings. The third kappa shape index (κ3) is 3.88. The maximum Gasteiger partial charge on any atom is 0.0977 e. The van der Waals surface area contributed by atoms with Crippen LogP contribution in [0.4, 0.5) is 0 Å². The minimum Gasteiger partial charge on any atom is -0.388 e. The maximum atomic E-state index is 11.7. The molecule has 0 aliphatic carbocycles. The molecule has 0 bridgehead atoms. The molecule has 0 spiro atoms. The molecule has 0 radical (unpaired) electrons. The van der Waals surface area contributed by atoms with Crippen molar-refractivity contribution in [3.8, 4) is 0 Å². The molecule has 1 aliphatic heterocycles. The number of rotatable bonds is 5. The molecule has 0 saturated carbocycles. The normalized spacial score (nSPS) is 24.0. The highest BCUT2D eigenvalue weighted by atomic mass is 16.3. The largest absolute Gasteiger partial charge is 0.388 e. The van der Waals surface area contributed by atoms with Gasteiger partial charge in [-0.25, -0.2) is 0 Å². The standard InChI is InChI=1S/C25H27NO2/c27-24(21-12-6-2-7-13-21)23-19-26(18-20-10-4-1-5-11-20)17-16-25(23,28)22-14-8-3-9-15-22/h1-15,23-24,27-28H,16-19H2/t23-,24-,25+/m0/s1. The Hall–Kier alpha value is -2.46. The zero-order valence-electron chi connectivity index (χ0n) is 16.0. The summed E-state index contributed by atoms with van der Waals surface area (Å²) in [7, 11) is 0. The van der Waals surface area contributed by atoms with Crippen LogP contribution in [-0.2, 0) is 12.1 Å². The SMILES string of the molecule is O[C@@H](c1ccccc1)[C@@H]1CN(Cc2ccccc2)CC[C@@]1(O)c1ccccc1. The topological polar surface area (TPSA) is 43.7 Å². The van der Waals surface area contributed by atoms with Crippen LogP contribution in [0.15, 0.2) is 91.0 Å². The fourth-order valence-electron chi connectivity index (χ4n) is 4.35. The van der Waals surface area contributed by atoms with Gasteiger partial charge in [-0.3, -0.25) is 4.90 Å². The Balaban J connectivity index is 1.64. The van der Waals surface area contributed by atoms with Gasteiger partial charge in [0.2, 0.25) is 0 Å². The van der Waals surface area contributed by atoms with Gasteiger partial charge >= 0.3 is 0 Å². The van der Waals surface area contributed by atoms with E-state index in [-0.39, 0.29) is 5.92 Å². The van der Waals surface area contributed by atoms with Crippen LogP contribution < -0.4 is 0 Å². The number of likely N-dealkylation sites (tertiary alicyclic amines) is 1. The Morgan fingerprint density at radius 2 is 1.43 bits per heavy atom. The van der Waals surface area contributed by atoms with E-state index in [1.807, 2.05) is 66.7 Å². The molecule has 4 rings (SSSR count). The lowest BCUT2D eigenvalue weighted by Gasteiger charge is -2.47. The lowest BCUT2D eigenvalue weighted by atomic mass is 9.72. The van der Waals surface area contributed by atoms with E-state index in [1.165, 1.54) is 5.56 Å². The number of hydrogen-bond acceptors (Lipinski definition) is 3. The van der Waals surface area contributed by atoms with E-state index >= 15 is 0 Å². The predicted molar refractivity (Wildman–Crippen MR) is 112 cm³/mol. The highest BCUT2D eigenvalue weighted by molar-refractivity contribution is 5.28. The maximum absolute atomic E-state index is 11.7. The van der Waals surface area contributed by atoms with E-state index in [0.717, 1.165) is 24.2 Å². The van der Waals surface area contributed by atoms with Crippen molar-refractivity contribution >= 4 is 0 Å². The molecule has 3 atom stereocenters.